The van der Waals surface area contributed by atoms with E-state index in [-0.39, 0.29) is 24.7 Å². The van der Waals surface area contributed by atoms with Crippen molar-refractivity contribution in [3.8, 4) is 0 Å². The summed E-state index contributed by atoms with van der Waals surface area (Å²) in [5.41, 5.74) is 0.401. The molecule has 2 rings (SSSR count). The third-order valence-electron chi connectivity index (χ3n) is 4.96. The van der Waals surface area contributed by atoms with Crippen LogP contribution in [0.4, 0.5) is 5.69 Å². The molecule has 0 bridgehead atoms. The summed E-state index contributed by atoms with van der Waals surface area (Å²) in [7, 11) is 0. The van der Waals surface area contributed by atoms with E-state index in [1.165, 1.54) is 24.3 Å². The molecule has 1 aliphatic rings. The summed E-state index contributed by atoms with van der Waals surface area (Å²) >= 11 is 0. The topological polar surface area (TPSA) is 113 Å². The minimum atomic E-state index is -1.30. The van der Waals surface area contributed by atoms with Crippen LogP contribution in [0.3, 0.4) is 0 Å². The van der Waals surface area contributed by atoms with Gasteiger partial charge in [0, 0.05) is 30.4 Å². The molecule has 2 atom stereocenters. The Kier molecular flexibility index (Phi) is 7.66. The molecule has 0 N–H and O–H groups in total. The number of ether oxygens (including phenoxy) is 2. The first-order valence-electron chi connectivity index (χ1n) is 9.51. The van der Waals surface area contributed by atoms with Crippen LogP contribution in [-0.4, -0.2) is 35.9 Å². The van der Waals surface area contributed by atoms with Gasteiger partial charge in [-0.2, -0.15) is 0 Å². The highest BCUT2D eigenvalue weighted by Crippen LogP contribution is 2.40. The van der Waals surface area contributed by atoms with E-state index in [1.54, 1.807) is 13.8 Å². The first kappa shape index (κ1) is 21.5. The van der Waals surface area contributed by atoms with Crippen molar-refractivity contribution in [3.05, 3.63) is 39.9 Å². The van der Waals surface area contributed by atoms with Crippen molar-refractivity contribution in [1.29, 1.82) is 0 Å². The summed E-state index contributed by atoms with van der Waals surface area (Å²) in [5, 5.41) is 11.0. The molecule has 0 amide bonds. The van der Waals surface area contributed by atoms with Crippen LogP contribution in [0.15, 0.2) is 24.3 Å². The molecule has 8 heteroatoms. The molecular weight excluding hydrogens is 366 g/mol. The van der Waals surface area contributed by atoms with Gasteiger partial charge in [-0.3, -0.25) is 24.5 Å². The SMILES string of the molecule is CCOC(=O)C(C(=O)OCC)C(c1ccc([N+](=O)[O-])cc1)C1CCCCC1=O. The summed E-state index contributed by atoms with van der Waals surface area (Å²) in [6.07, 6.45) is 2.49. The fraction of sp³-hybridized carbons (Fsp3) is 0.550. The number of carbonyl (C=O) groups excluding carboxylic acids is 3. The van der Waals surface area contributed by atoms with Crippen LogP contribution in [0, 0.1) is 22.0 Å². The standard InChI is InChI=1S/C20H25NO7/c1-3-27-19(23)18(20(24)28-4-2)17(15-7-5-6-8-16(15)22)13-9-11-14(12-10-13)21(25)26/h9-12,15,17-18H,3-8H2,1-2H3. The number of non-ortho nitro benzene ring substituents is 1. The lowest BCUT2D eigenvalue weighted by atomic mass is 9.70. The van der Waals surface area contributed by atoms with E-state index < -0.39 is 34.6 Å². The molecule has 1 fully saturated rings. The highest BCUT2D eigenvalue weighted by atomic mass is 16.6. The van der Waals surface area contributed by atoms with Gasteiger partial charge in [0.1, 0.15) is 5.78 Å². The average molecular weight is 391 g/mol. The second-order valence-electron chi connectivity index (χ2n) is 6.67. The van der Waals surface area contributed by atoms with E-state index in [0.29, 0.717) is 18.4 Å². The summed E-state index contributed by atoms with van der Waals surface area (Å²) in [5.74, 6) is -4.15. The highest BCUT2D eigenvalue weighted by molar-refractivity contribution is 5.97. The molecule has 1 aromatic rings. The zero-order chi connectivity index (χ0) is 20.7. The van der Waals surface area contributed by atoms with Crippen molar-refractivity contribution in [2.45, 2.75) is 45.4 Å². The monoisotopic (exact) mass is 391 g/mol. The van der Waals surface area contributed by atoms with Gasteiger partial charge in [-0.1, -0.05) is 18.6 Å². The number of hydrogen-bond acceptors (Lipinski definition) is 7. The Morgan fingerprint density at radius 2 is 1.68 bits per heavy atom. The van der Waals surface area contributed by atoms with Crippen molar-refractivity contribution >= 4 is 23.4 Å². The van der Waals surface area contributed by atoms with Crippen LogP contribution in [0.5, 0.6) is 0 Å². The zero-order valence-electron chi connectivity index (χ0n) is 16.1. The second kappa shape index (κ2) is 9.96. The lowest BCUT2D eigenvalue weighted by molar-refractivity contribution is -0.384. The molecule has 8 nitrogen and oxygen atoms in total. The molecule has 0 radical (unpaired) electrons. The largest absolute Gasteiger partial charge is 0.465 e. The molecule has 1 saturated carbocycles. The summed E-state index contributed by atoms with van der Waals surface area (Å²) in [6.45, 7) is 3.43. The molecular formula is C20H25NO7. The summed E-state index contributed by atoms with van der Waals surface area (Å²) < 4.78 is 10.2. The highest BCUT2D eigenvalue weighted by Gasteiger charge is 2.45. The number of benzene rings is 1. The Labute approximate surface area is 163 Å². The average Bonchev–Trinajstić information content (AvgIpc) is 2.67. The number of hydrogen-bond donors (Lipinski definition) is 0. The van der Waals surface area contributed by atoms with E-state index in [4.69, 9.17) is 9.47 Å². The predicted octanol–water partition coefficient (Wildman–Crippen LogP) is 3.18. The first-order chi connectivity index (χ1) is 13.4. The summed E-state index contributed by atoms with van der Waals surface area (Å²) in [6, 6.07) is 5.61. The Bertz CT molecular complexity index is 711. The normalized spacial score (nSPS) is 17.8. The third-order valence-corrected chi connectivity index (χ3v) is 4.96. The third kappa shape index (κ3) is 4.94. The van der Waals surface area contributed by atoms with E-state index in [2.05, 4.69) is 0 Å². The van der Waals surface area contributed by atoms with Crippen molar-refractivity contribution in [1.82, 2.24) is 0 Å². The Balaban J connectivity index is 2.52. The van der Waals surface area contributed by atoms with Gasteiger partial charge in [0.2, 0.25) is 0 Å². The number of Topliss-reactive ketones (excluding diaryl/α,β-unsaturated/α-hetero) is 1. The molecule has 0 aromatic heterocycles. The maximum absolute atomic E-state index is 12.7. The number of rotatable bonds is 8. The van der Waals surface area contributed by atoms with Gasteiger partial charge in [0.25, 0.3) is 5.69 Å². The fourth-order valence-electron chi connectivity index (χ4n) is 3.72. The molecule has 1 aliphatic carbocycles. The smallest absolute Gasteiger partial charge is 0.320 e. The molecule has 1 aromatic carbocycles. The van der Waals surface area contributed by atoms with Gasteiger partial charge < -0.3 is 9.47 Å². The van der Waals surface area contributed by atoms with Gasteiger partial charge >= 0.3 is 11.9 Å². The van der Waals surface area contributed by atoms with Gasteiger partial charge in [0.15, 0.2) is 5.92 Å². The van der Waals surface area contributed by atoms with Crippen LogP contribution < -0.4 is 0 Å². The van der Waals surface area contributed by atoms with E-state index in [9.17, 15) is 24.5 Å². The molecule has 0 saturated heterocycles. The maximum Gasteiger partial charge on any atom is 0.320 e. The first-order valence-corrected chi connectivity index (χ1v) is 9.51. The van der Waals surface area contributed by atoms with Crippen molar-refractivity contribution in [2.75, 3.05) is 13.2 Å². The Hall–Kier alpha value is -2.77. The van der Waals surface area contributed by atoms with Crippen LogP contribution in [0.1, 0.15) is 51.0 Å². The van der Waals surface area contributed by atoms with Gasteiger partial charge in [-0.25, -0.2) is 0 Å². The second-order valence-corrected chi connectivity index (χ2v) is 6.67. The van der Waals surface area contributed by atoms with Crippen LogP contribution in [0.25, 0.3) is 0 Å². The van der Waals surface area contributed by atoms with Crippen LogP contribution in [0.2, 0.25) is 0 Å². The molecule has 2 unspecified atom stereocenters. The zero-order valence-corrected chi connectivity index (χ0v) is 16.1. The molecule has 0 heterocycles. The van der Waals surface area contributed by atoms with Crippen molar-refractivity contribution in [3.63, 3.8) is 0 Å². The molecule has 152 valence electrons. The van der Waals surface area contributed by atoms with Crippen LogP contribution in [-0.2, 0) is 23.9 Å². The lowest BCUT2D eigenvalue weighted by Gasteiger charge is -2.33. The minimum Gasteiger partial charge on any atom is -0.465 e. The predicted molar refractivity (Wildman–Crippen MR) is 99.6 cm³/mol. The van der Waals surface area contributed by atoms with E-state index >= 15 is 0 Å². The van der Waals surface area contributed by atoms with Gasteiger partial charge in [0.05, 0.1) is 18.1 Å². The minimum absolute atomic E-state index is 0.0202. The Morgan fingerprint density at radius 3 is 2.14 bits per heavy atom. The van der Waals surface area contributed by atoms with Crippen LogP contribution >= 0.6 is 0 Å². The van der Waals surface area contributed by atoms with Crippen molar-refractivity contribution in [2.24, 2.45) is 11.8 Å². The Morgan fingerprint density at radius 1 is 1.11 bits per heavy atom. The number of carbonyl (C=O) groups is 3. The number of nitro groups is 1. The number of nitro benzene ring substituents is 1. The maximum atomic E-state index is 12.7. The van der Waals surface area contributed by atoms with Gasteiger partial charge in [-0.15, -0.1) is 0 Å². The van der Waals surface area contributed by atoms with Crippen molar-refractivity contribution < 1.29 is 28.8 Å². The summed E-state index contributed by atoms with van der Waals surface area (Å²) in [4.78, 5) is 48.4. The van der Waals surface area contributed by atoms with E-state index in [0.717, 1.165) is 12.8 Å². The quantitative estimate of drug-likeness (QED) is 0.289. The lowest BCUT2D eigenvalue weighted by Crippen LogP contribution is -2.39. The molecule has 0 aliphatic heterocycles. The molecule has 0 spiro atoms. The molecule has 28 heavy (non-hydrogen) atoms. The number of nitrogens with zero attached hydrogens (tertiary/aromatic N) is 1. The number of esters is 2. The van der Waals surface area contributed by atoms with E-state index in [1.807, 2.05) is 0 Å². The number of ketones is 1. The van der Waals surface area contributed by atoms with Gasteiger partial charge in [-0.05, 0) is 32.3 Å². The fourth-order valence-corrected chi connectivity index (χ4v) is 3.72.